The van der Waals surface area contributed by atoms with E-state index in [2.05, 4.69) is 82.9 Å². The van der Waals surface area contributed by atoms with Gasteiger partial charge >= 0.3 is 20.4 Å². The number of ketones is 1. The van der Waals surface area contributed by atoms with Gasteiger partial charge in [-0.25, -0.2) is 0 Å². The van der Waals surface area contributed by atoms with Gasteiger partial charge in [-0.2, -0.15) is 0 Å². The van der Waals surface area contributed by atoms with Crippen molar-refractivity contribution in [2.75, 3.05) is 0 Å². The average molecular weight is 588 g/mol. The number of fused-ring (bicyclic) bond motifs is 2. The molecule has 0 aliphatic heterocycles. The Kier molecular flexibility index (Phi) is 9.47. The van der Waals surface area contributed by atoms with Gasteiger partial charge in [0.2, 0.25) is 0 Å². The van der Waals surface area contributed by atoms with Crippen LogP contribution in [-0.4, -0.2) is 10.8 Å². The molecule has 37 heavy (non-hydrogen) atoms. The predicted octanol–water partition coefficient (Wildman–Crippen LogP) is 6.56. The van der Waals surface area contributed by atoms with Crippen LogP contribution in [0.2, 0.25) is 0 Å². The molecule has 0 saturated heterocycles. The zero-order valence-electron chi connectivity index (χ0n) is 22.8. The van der Waals surface area contributed by atoms with Crippen molar-refractivity contribution in [1.29, 1.82) is 0 Å². The van der Waals surface area contributed by atoms with Crippen LogP contribution in [0.1, 0.15) is 66.5 Å². The summed E-state index contributed by atoms with van der Waals surface area (Å²) in [5.74, 6) is -0.294. The van der Waals surface area contributed by atoms with Crippen LogP contribution in [0.25, 0.3) is 32.8 Å². The monoisotopic (exact) mass is 587 g/mol. The van der Waals surface area contributed by atoms with Gasteiger partial charge in [-0.15, -0.1) is 5.76 Å². The second-order valence-electron chi connectivity index (χ2n) is 11.3. The molecule has 1 aromatic heterocycles. The number of hydrogen-bond donors (Lipinski definition) is 0. The van der Waals surface area contributed by atoms with Crippen molar-refractivity contribution in [2.45, 2.75) is 66.2 Å². The first-order chi connectivity index (χ1) is 16.7. The first-order valence-electron chi connectivity index (χ1n) is 12.2. The SMILES string of the molecule is CC(=O)/C=C(/C)[O-].CC(C)(C)c1ccc2c(-c3nccc4ccccc34)c([O-])c(C(C)(C)C)cc2c1.[Pd+2]. The van der Waals surface area contributed by atoms with Gasteiger partial charge in [0, 0.05) is 17.1 Å². The van der Waals surface area contributed by atoms with Crippen LogP contribution in [0.15, 0.2) is 72.6 Å². The Hall–Kier alpha value is -3.00. The number of allylic oxidation sites excluding steroid dienone is 2. The Morgan fingerprint density at radius 2 is 1.49 bits per heavy atom. The zero-order valence-corrected chi connectivity index (χ0v) is 24.4. The average Bonchev–Trinajstić information content (AvgIpc) is 2.76. The largest absolute Gasteiger partial charge is 2.00 e. The Bertz CT molecular complexity index is 1450. The topological polar surface area (TPSA) is 76.1 Å². The molecule has 4 nitrogen and oxygen atoms in total. The van der Waals surface area contributed by atoms with Crippen LogP contribution in [0, 0.1) is 0 Å². The Morgan fingerprint density at radius 1 is 0.838 bits per heavy atom. The molecule has 0 aliphatic rings. The van der Waals surface area contributed by atoms with E-state index in [4.69, 9.17) is 0 Å². The fourth-order valence-corrected chi connectivity index (χ4v) is 4.25. The van der Waals surface area contributed by atoms with E-state index in [9.17, 15) is 15.0 Å². The van der Waals surface area contributed by atoms with E-state index in [0.29, 0.717) is 5.56 Å². The second-order valence-corrected chi connectivity index (χ2v) is 11.3. The molecular formula is C32H35NO3Pd. The normalized spacial score (nSPS) is 12.1. The van der Waals surface area contributed by atoms with Crippen molar-refractivity contribution < 1.29 is 35.4 Å². The van der Waals surface area contributed by atoms with Crippen LogP contribution in [-0.2, 0) is 36.0 Å². The van der Waals surface area contributed by atoms with Crippen molar-refractivity contribution in [2.24, 2.45) is 0 Å². The number of benzene rings is 3. The number of carbonyl (C=O) groups excluding carboxylic acids is 1. The van der Waals surface area contributed by atoms with E-state index in [-0.39, 0.29) is 48.5 Å². The molecule has 0 aliphatic carbocycles. The standard InChI is InChI=1S/C27H29NO.C5H8O2.Pd/c1-26(2,3)19-11-12-20-18(15-19)16-22(27(4,5)6)25(29)23(20)24-21-10-8-7-9-17(21)13-14-28-24;1-4(6)3-5(2)7;/h7-16,29H,1-6H3;3,6H,1-2H3;/q;;+2/p-2/b;4-3-;. The number of carbonyl (C=O) groups is 1. The summed E-state index contributed by atoms with van der Waals surface area (Å²) in [6, 6.07) is 18.7. The van der Waals surface area contributed by atoms with E-state index in [1.165, 1.54) is 19.4 Å². The molecule has 0 saturated carbocycles. The molecule has 3 aromatic carbocycles. The first-order valence-corrected chi connectivity index (χ1v) is 12.2. The summed E-state index contributed by atoms with van der Waals surface area (Å²) in [6.07, 6.45) is 2.86. The molecule has 0 fully saturated rings. The summed E-state index contributed by atoms with van der Waals surface area (Å²) < 4.78 is 0. The van der Waals surface area contributed by atoms with Crippen LogP contribution in [0.4, 0.5) is 0 Å². The molecule has 4 aromatic rings. The van der Waals surface area contributed by atoms with Gasteiger partial charge in [-0.1, -0.05) is 103 Å². The van der Waals surface area contributed by atoms with Crippen LogP contribution < -0.4 is 10.2 Å². The quantitative estimate of drug-likeness (QED) is 0.151. The van der Waals surface area contributed by atoms with Crippen molar-refractivity contribution in [3.8, 4) is 17.0 Å². The molecule has 0 spiro atoms. The summed E-state index contributed by atoms with van der Waals surface area (Å²) in [5, 5.41) is 27.9. The summed E-state index contributed by atoms with van der Waals surface area (Å²) in [5.41, 5.74) is 3.38. The molecule has 0 atom stereocenters. The van der Waals surface area contributed by atoms with E-state index in [0.717, 1.165) is 38.9 Å². The number of pyridine rings is 1. The molecule has 0 amide bonds. The van der Waals surface area contributed by atoms with Gasteiger partial charge in [-0.05, 0) is 57.2 Å². The Balaban J connectivity index is 0.000000532. The van der Waals surface area contributed by atoms with Crippen LogP contribution in [0.3, 0.4) is 0 Å². The third-order valence-corrected chi connectivity index (χ3v) is 6.08. The minimum Gasteiger partial charge on any atom is -0.876 e. The fraction of sp³-hybridized carbons (Fsp3) is 0.312. The second kappa shape index (κ2) is 11.6. The van der Waals surface area contributed by atoms with Crippen LogP contribution in [0.5, 0.6) is 5.75 Å². The summed E-state index contributed by atoms with van der Waals surface area (Å²) >= 11 is 0. The fourth-order valence-electron chi connectivity index (χ4n) is 4.25. The third kappa shape index (κ3) is 7.07. The zero-order chi connectivity index (χ0) is 26.8. The number of rotatable bonds is 2. The Morgan fingerprint density at radius 3 is 2.03 bits per heavy atom. The molecular weight excluding hydrogens is 553 g/mol. The summed E-state index contributed by atoms with van der Waals surface area (Å²) in [4.78, 5) is 14.7. The molecule has 4 rings (SSSR count). The van der Waals surface area contributed by atoms with Crippen LogP contribution >= 0.6 is 0 Å². The van der Waals surface area contributed by atoms with E-state index < -0.39 is 0 Å². The van der Waals surface area contributed by atoms with Gasteiger partial charge < -0.3 is 10.2 Å². The van der Waals surface area contributed by atoms with E-state index in [1.807, 2.05) is 18.2 Å². The molecule has 5 heteroatoms. The maximum absolute atomic E-state index is 13.7. The van der Waals surface area contributed by atoms with Crippen molar-refractivity contribution in [1.82, 2.24) is 4.98 Å². The van der Waals surface area contributed by atoms with Gasteiger partial charge in [0.15, 0.2) is 5.78 Å². The molecule has 0 N–H and O–H groups in total. The smallest absolute Gasteiger partial charge is 0.876 e. The molecule has 1 heterocycles. The van der Waals surface area contributed by atoms with Crippen molar-refractivity contribution in [3.05, 3.63) is 83.8 Å². The molecule has 0 radical (unpaired) electrons. The third-order valence-electron chi connectivity index (χ3n) is 6.08. The van der Waals surface area contributed by atoms with E-state index >= 15 is 0 Å². The predicted molar refractivity (Wildman–Crippen MR) is 146 cm³/mol. The maximum Gasteiger partial charge on any atom is 2.00 e. The number of nitrogens with zero attached hydrogens (tertiary/aromatic N) is 1. The maximum atomic E-state index is 13.7. The first kappa shape index (κ1) is 30.2. The summed E-state index contributed by atoms with van der Waals surface area (Å²) in [6.45, 7) is 15.6. The van der Waals surface area contributed by atoms with Crippen molar-refractivity contribution >= 4 is 27.3 Å². The van der Waals surface area contributed by atoms with E-state index in [1.54, 1.807) is 6.20 Å². The molecule has 0 unspecified atom stereocenters. The summed E-state index contributed by atoms with van der Waals surface area (Å²) in [7, 11) is 0. The van der Waals surface area contributed by atoms with Gasteiger partial charge in [0.25, 0.3) is 0 Å². The molecule has 0 bridgehead atoms. The minimum atomic E-state index is -0.248. The minimum absolute atomic E-state index is 0. The number of aromatic nitrogens is 1. The van der Waals surface area contributed by atoms with Crippen molar-refractivity contribution in [3.63, 3.8) is 0 Å². The van der Waals surface area contributed by atoms with Gasteiger partial charge in [0.05, 0.1) is 5.69 Å². The van der Waals surface area contributed by atoms with Gasteiger partial charge in [-0.3, -0.25) is 9.78 Å². The van der Waals surface area contributed by atoms with Gasteiger partial charge in [0.1, 0.15) is 0 Å². The number of hydrogen-bond acceptors (Lipinski definition) is 4. The molecule has 196 valence electrons. The Labute approximate surface area is 234 Å².